The summed E-state index contributed by atoms with van der Waals surface area (Å²) >= 11 is 0. The number of hydrogen-bond donors (Lipinski definition) is 1. The maximum atomic E-state index is 12.8. The molecular formula is C19H23N5O. The second-order valence-electron chi connectivity index (χ2n) is 6.72. The minimum Gasteiger partial charge on any atom is -0.342 e. The van der Waals surface area contributed by atoms with Crippen molar-refractivity contribution in [1.29, 1.82) is 0 Å². The fraction of sp³-hybridized carbons (Fsp3) is 0.421. The summed E-state index contributed by atoms with van der Waals surface area (Å²) in [7, 11) is 0. The molecule has 0 unspecified atom stereocenters. The van der Waals surface area contributed by atoms with Gasteiger partial charge in [0.2, 0.25) is 0 Å². The van der Waals surface area contributed by atoms with E-state index in [0.29, 0.717) is 12.2 Å². The first-order valence-electron chi connectivity index (χ1n) is 8.94. The van der Waals surface area contributed by atoms with Gasteiger partial charge in [0, 0.05) is 31.2 Å². The topological polar surface area (TPSA) is 66.8 Å². The number of aryl methyl sites for hydroxylation is 2. The Labute approximate surface area is 146 Å². The number of fused-ring (bicyclic) bond motifs is 1. The molecule has 1 amide bonds. The van der Waals surface area contributed by atoms with E-state index in [2.05, 4.69) is 10.1 Å². The second-order valence-corrected chi connectivity index (χ2v) is 6.72. The summed E-state index contributed by atoms with van der Waals surface area (Å²) in [5.41, 5.74) is 3.61. The Morgan fingerprint density at radius 1 is 1.36 bits per heavy atom. The summed E-state index contributed by atoms with van der Waals surface area (Å²) in [6, 6.07) is 9.94. The van der Waals surface area contributed by atoms with Crippen LogP contribution in [-0.4, -0.2) is 43.6 Å². The van der Waals surface area contributed by atoms with Crippen molar-refractivity contribution in [3.05, 3.63) is 47.5 Å². The number of aromatic amines is 1. The van der Waals surface area contributed by atoms with Crippen molar-refractivity contribution >= 4 is 16.9 Å². The van der Waals surface area contributed by atoms with Crippen molar-refractivity contribution in [3.63, 3.8) is 0 Å². The van der Waals surface area contributed by atoms with Crippen LogP contribution >= 0.6 is 0 Å². The SMILES string of the molecule is CCn1nc(C(=O)N2CCC[C@H](c3nc4ccccc4[nH]3)C2)cc1C. The minimum atomic E-state index is 0.0242. The number of rotatable bonds is 3. The molecule has 0 spiro atoms. The number of amides is 1. The summed E-state index contributed by atoms with van der Waals surface area (Å²) in [6.07, 6.45) is 2.03. The Hall–Kier alpha value is -2.63. The summed E-state index contributed by atoms with van der Waals surface area (Å²) in [4.78, 5) is 22.9. The molecule has 1 aliphatic heterocycles. The van der Waals surface area contributed by atoms with Gasteiger partial charge in [0.15, 0.2) is 5.69 Å². The maximum Gasteiger partial charge on any atom is 0.274 e. The first-order chi connectivity index (χ1) is 12.2. The van der Waals surface area contributed by atoms with Crippen LogP contribution < -0.4 is 0 Å². The summed E-state index contributed by atoms with van der Waals surface area (Å²) in [5, 5.41) is 4.44. The monoisotopic (exact) mass is 337 g/mol. The number of hydrogen-bond acceptors (Lipinski definition) is 3. The highest BCUT2D eigenvalue weighted by Crippen LogP contribution is 2.27. The molecule has 1 aromatic carbocycles. The largest absolute Gasteiger partial charge is 0.342 e. The number of aromatic nitrogens is 4. The highest BCUT2D eigenvalue weighted by Gasteiger charge is 2.28. The second kappa shape index (κ2) is 6.35. The van der Waals surface area contributed by atoms with Crippen molar-refractivity contribution in [2.45, 2.75) is 39.2 Å². The molecule has 0 aliphatic carbocycles. The van der Waals surface area contributed by atoms with Crippen LogP contribution in [0.3, 0.4) is 0 Å². The average Bonchev–Trinajstić information content (AvgIpc) is 3.24. The van der Waals surface area contributed by atoms with Gasteiger partial charge in [-0.2, -0.15) is 5.10 Å². The molecule has 1 aliphatic rings. The number of para-hydroxylation sites is 2. The smallest absolute Gasteiger partial charge is 0.274 e. The van der Waals surface area contributed by atoms with Gasteiger partial charge < -0.3 is 9.88 Å². The van der Waals surface area contributed by atoms with Crippen molar-refractivity contribution < 1.29 is 4.79 Å². The van der Waals surface area contributed by atoms with Gasteiger partial charge in [-0.3, -0.25) is 9.48 Å². The maximum absolute atomic E-state index is 12.8. The van der Waals surface area contributed by atoms with E-state index in [1.807, 2.05) is 53.8 Å². The van der Waals surface area contributed by atoms with Gasteiger partial charge in [-0.15, -0.1) is 0 Å². The molecule has 1 N–H and O–H groups in total. The zero-order chi connectivity index (χ0) is 17.4. The molecule has 1 fully saturated rings. The number of carbonyl (C=O) groups is 1. The zero-order valence-electron chi connectivity index (χ0n) is 14.7. The van der Waals surface area contributed by atoms with E-state index in [0.717, 1.165) is 48.5 Å². The number of H-pyrrole nitrogens is 1. The number of likely N-dealkylation sites (tertiary alicyclic amines) is 1. The summed E-state index contributed by atoms with van der Waals surface area (Å²) in [5.74, 6) is 1.25. The standard InChI is InChI=1S/C19H23N5O/c1-3-24-13(2)11-17(22-24)19(25)23-10-6-7-14(12-23)18-20-15-8-4-5-9-16(15)21-18/h4-5,8-9,11,14H,3,6-7,10,12H2,1-2H3,(H,20,21)/t14-/m0/s1. The number of nitrogens with zero attached hydrogens (tertiary/aromatic N) is 4. The van der Waals surface area contributed by atoms with Crippen molar-refractivity contribution in [1.82, 2.24) is 24.6 Å². The first kappa shape index (κ1) is 15.9. The Bertz CT molecular complexity index is 877. The van der Waals surface area contributed by atoms with Gasteiger partial charge in [0.05, 0.1) is 11.0 Å². The van der Waals surface area contributed by atoms with E-state index in [-0.39, 0.29) is 11.8 Å². The Kier molecular flexibility index (Phi) is 4.03. The zero-order valence-corrected chi connectivity index (χ0v) is 14.7. The van der Waals surface area contributed by atoms with Gasteiger partial charge >= 0.3 is 0 Å². The fourth-order valence-electron chi connectivity index (χ4n) is 3.65. The molecule has 3 aromatic rings. The van der Waals surface area contributed by atoms with Crippen LogP contribution in [0.15, 0.2) is 30.3 Å². The van der Waals surface area contributed by atoms with Crippen LogP contribution in [0.1, 0.15) is 47.7 Å². The molecule has 3 heterocycles. The molecule has 0 radical (unpaired) electrons. The summed E-state index contributed by atoms with van der Waals surface area (Å²) in [6.45, 7) is 6.28. The molecular weight excluding hydrogens is 314 g/mol. The Morgan fingerprint density at radius 2 is 2.20 bits per heavy atom. The van der Waals surface area contributed by atoms with Gasteiger partial charge in [0.25, 0.3) is 5.91 Å². The van der Waals surface area contributed by atoms with Gasteiger partial charge in [0.1, 0.15) is 5.82 Å². The van der Waals surface area contributed by atoms with Crippen LogP contribution in [0.4, 0.5) is 0 Å². The molecule has 130 valence electrons. The van der Waals surface area contributed by atoms with Crippen LogP contribution in [0, 0.1) is 6.92 Å². The summed E-state index contributed by atoms with van der Waals surface area (Å²) < 4.78 is 1.87. The Balaban J connectivity index is 1.54. The van der Waals surface area contributed by atoms with Crippen LogP contribution in [0.25, 0.3) is 11.0 Å². The molecule has 6 nitrogen and oxygen atoms in total. The van der Waals surface area contributed by atoms with Crippen molar-refractivity contribution in [2.75, 3.05) is 13.1 Å². The number of piperidine rings is 1. The minimum absolute atomic E-state index is 0.0242. The quantitative estimate of drug-likeness (QED) is 0.798. The first-order valence-corrected chi connectivity index (χ1v) is 8.94. The third kappa shape index (κ3) is 2.92. The average molecular weight is 337 g/mol. The molecule has 0 bridgehead atoms. The van der Waals surface area contributed by atoms with Crippen molar-refractivity contribution in [3.8, 4) is 0 Å². The predicted molar refractivity (Wildman–Crippen MR) is 96.6 cm³/mol. The lowest BCUT2D eigenvalue weighted by atomic mass is 9.97. The Morgan fingerprint density at radius 3 is 2.96 bits per heavy atom. The molecule has 1 atom stereocenters. The number of imidazole rings is 1. The molecule has 1 saturated heterocycles. The van der Waals surface area contributed by atoms with Crippen LogP contribution in [0.2, 0.25) is 0 Å². The van der Waals surface area contributed by atoms with E-state index in [1.54, 1.807) is 0 Å². The van der Waals surface area contributed by atoms with Gasteiger partial charge in [-0.1, -0.05) is 12.1 Å². The van der Waals surface area contributed by atoms with Gasteiger partial charge in [-0.25, -0.2) is 4.98 Å². The molecule has 25 heavy (non-hydrogen) atoms. The van der Waals surface area contributed by atoms with E-state index < -0.39 is 0 Å². The molecule has 4 rings (SSSR count). The number of benzene rings is 1. The fourth-order valence-corrected chi connectivity index (χ4v) is 3.65. The van der Waals surface area contributed by atoms with Crippen molar-refractivity contribution in [2.24, 2.45) is 0 Å². The normalized spacial score (nSPS) is 18.0. The highest BCUT2D eigenvalue weighted by atomic mass is 16.2. The molecule has 6 heteroatoms. The predicted octanol–water partition coefficient (Wildman–Crippen LogP) is 3.11. The lowest BCUT2D eigenvalue weighted by molar-refractivity contribution is 0.0698. The molecule has 2 aromatic heterocycles. The van der Waals surface area contributed by atoms with E-state index in [4.69, 9.17) is 4.98 Å². The van der Waals surface area contributed by atoms with Gasteiger partial charge in [-0.05, 0) is 44.9 Å². The third-order valence-electron chi connectivity index (χ3n) is 5.00. The lowest BCUT2D eigenvalue weighted by Gasteiger charge is -2.31. The van der Waals surface area contributed by atoms with Crippen LogP contribution in [0.5, 0.6) is 0 Å². The van der Waals surface area contributed by atoms with Crippen LogP contribution in [-0.2, 0) is 6.54 Å². The van der Waals surface area contributed by atoms with E-state index in [9.17, 15) is 4.79 Å². The number of carbonyl (C=O) groups excluding carboxylic acids is 1. The molecule has 0 saturated carbocycles. The lowest BCUT2D eigenvalue weighted by Crippen LogP contribution is -2.39. The van der Waals surface area contributed by atoms with E-state index in [1.165, 1.54) is 0 Å². The van der Waals surface area contributed by atoms with E-state index >= 15 is 0 Å². The highest BCUT2D eigenvalue weighted by molar-refractivity contribution is 5.92. The number of nitrogens with one attached hydrogen (secondary N) is 1. The third-order valence-corrected chi connectivity index (χ3v) is 5.00.